The number of methoxy groups -OCH3 is 1. The summed E-state index contributed by atoms with van der Waals surface area (Å²) in [7, 11) is 1.63. The fourth-order valence-electron chi connectivity index (χ4n) is 1.92. The van der Waals surface area contributed by atoms with Gasteiger partial charge in [-0.15, -0.1) is 0 Å². The molecule has 1 N–H and O–H groups in total. The maximum absolute atomic E-state index is 12.3. The molecule has 0 aromatic carbocycles. The Hall–Kier alpha value is -0.290. The highest BCUT2D eigenvalue weighted by Gasteiger charge is 2.41. The molecule has 1 saturated heterocycles. The first kappa shape index (κ1) is 12.8. The average molecular weight is 225 g/mol. The van der Waals surface area contributed by atoms with Crippen LogP contribution in [-0.2, 0) is 4.74 Å². The lowest BCUT2D eigenvalue weighted by molar-refractivity contribution is -0.179. The molecular formula is C10H18F3NO. The second-order valence-electron chi connectivity index (χ2n) is 4.06. The van der Waals surface area contributed by atoms with Crippen LogP contribution < -0.4 is 5.32 Å². The molecule has 2 nitrogen and oxygen atoms in total. The molecule has 0 amide bonds. The van der Waals surface area contributed by atoms with E-state index < -0.39 is 12.1 Å². The fraction of sp³-hybridized carbons (Fsp3) is 1.00. The Morgan fingerprint density at radius 3 is 2.53 bits per heavy atom. The molecule has 2 unspecified atom stereocenters. The molecule has 15 heavy (non-hydrogen) atoms. The van der Waals surface area contributed by atoms with Crippen molar-refractivity contribution in [1.29, 1.82) is 0 Å². The van der Waals surface area contributed by atoms with Gasteiger partial charge in [-0.2, -0.15) is 13.2 Å². The molecule has 5 heteroatoms. The molecule has 90 valence electrons. The Kier molecular flexibility index (Phi) is 4.86. The van der Waals surface area contributed by atoms with Crippen LogP contribution in [0.2, 0.25) is 0 Å². The number of rotatable bonds is 4. The Morgan fingerprint density at radius 1 is 1.33 bits per heavy atom. The second-order valence-corrected chi connectivity index (χ2v) is 4.06. The summed E-state index contributed by atoms with van der Waals surface area (Å²) in [6.45, 7) is 0.752. The molecule has 2 atom stereocenters. The van der Waals surface area contributed by atoms with Gasteiger partial charge in [-0.1, -0.05) is 0 Å². The van der Waals surface area contributed by atoms with E-state index in [0.29, 0.717) is 13.0 Å². The van der Waals surface area contributed by atoms with Crippen LogP contribution in [0.1, 0.15) is 25.7 Å². The van der Waals surface area contributed by atoms with E-state index in [1.807, 2.05) is 0 Å². The lowest BCUT2D eigenvalue weighted by atomic mass is 9.92. The molecule has 0 bridgehead atoms. The van der Waals surface area contributed by atoms with Crippen LogP contribution in [0.15, 0.2) is 0 Å². The SMILES string of the molecule is COCCCC1CCC(C(F)(F)F)CN1. The molecule has 0 aromatic rings. The zero-order chi connectivity index (χ0) is 11.3. The van der Waals surface area contributed by atoms with Gasteiger partial charge < -0.3 is 10.1 Å². The number of hydrogen-bond donors (Lipinski definition) is 1. The molecule has 0 radical (unpaired) electrons. The summed E-state index contributed by atoms with van der Waals surface area (Å²) in [5.41, 5.74) is 0. The molecule has 0 spiro atoms. The van der Waals surface area contributed by atoms with Gasteiger partial charge in [-0.25, -0.2) is 0 Å². The quantitative estimate of drug-likeness (QED) is 0.741. The van der Waals surface area contributed by atoms with Gasteiger partial charge in [0.2, 0.25) is 0 Å². The summed E-state index contributed by atoms with van der Waals surface area (Å²) in [6, 6.07) is 0.235. The lowest BCUT2D eigenvalue weighted by Crippen LogP contribution is -2.44. The smallest absolute Gasteiger partial charge is 0.385 e. The van der Waals surface area contributed by atoms with Gasteiger partial charge >= 0.3 is 6.18 Å². The largest absolute Gasteiger partial charge is 0.393 e. The van der Waals surface area contributed by atoms with E-state index in [9.17, 15) is 13.2 Å². The third-order valence-corrected chi connectivity index (χ3v) is 2.88. The Balaban J connectivity index is 2.18. The summed E-state index contributed by atoms with van der Waals surface area (Å²) in [4.78, 5) is 0. The van der Waals surface area contributed by atoms with Crippen LogP contribution in [0, 0.1) is 5.92 Å². The first-order valence-corrected chi connectivity index (χ1v) is 5.33. The minimum Gasteiger partial charge on any atom is -0.385 e. The predicted molar refractivity (Wildman–Crippen MR) is 51.7 cm³/mol. The van der Waals surface area contributed by atoms with Crippen molar-refractivity contribution in [2.75, 3.05) is 20.3 Å². The van der Waals surface area contributed by atoms with Gasteiger partial charge in [0.15, 0.2) is 0 Å². The minimum atomic E-state index is -4.04. The normalized spacial score (nSPS) is 28.0. The van der Waals surface area contributed by atoms with Crippen LogP contribution in [-0.4, -0.2) is 32.5 Å². The van der Waals surface area contributed by atoms with Gasteiger partial charge in [-0.3, -0.25) is 0 Å². The van der Waals surface area contributed by atoms with E-state index >= 15 is 0 Å². The van der Waals surface area contributed by atoms with E-state index in [2.05, 4.69) is 5.32 Å². The van der Waals surface area contributed by atoms with Gasteiger partial charge in [0.05, 0.1) is 5.92 Å². The second kappa shape index (κ2) is 5.70. The standard InChI is InChI=1S/C10H18F3NO/c1-15-6-2-3-9-5-4-8(7-14-9)10(11,12)13/h8-9,14H,2-7H2,1H3. The number of piperidine rings is 1. The van der Waals surface area contributed by atoms with E-state index in [1.54, 1.807) is 7.11 Å². The first-order valence-electron chi connectivity index (χ1n) is 5.33. The Morgan fingerprint density at radius 2 is 2.07 bits per heavy atom. The summed E-state index contributed by atoms with van der Waals surface area (Å²) < 4.78 is 41.8. The zero-order valence-electron chi connectivity index (χ0n) is 8.94. The lowest BCUT2D eigenvalue weighted by Gasteiger charge is -2.31. The van der Waals surface area contributed by atoms with Crippen LogP contribution >= 0.6 is 0 Å². The highest BCUT2D eigenvalue weighted by atomic mass is 19.4. The Labute approximate surface area is 88.2 Å². The number of halogens is 3. The van der Waals surface area contributed by atoms with Gasteiger partial charge in [0, 0.05) is 26.3 Å². The van der Waals surface area contributed by atoms with Crippen molar-refractivity contribution in [1.82, 2.24) is 5.32 Å². The van der Waals surface area contributed by atoms with Crippen molar-refractivity contribution in [2.24, 2.45) is 5.92 Å². The summed E-state index contributed by atoms with van der Waals surface area (Å²) in [5, 5.41) is 2.96. The van der Waals surface area contributed by atoms with Gasteiger partial charge in [0.25, 0.3) is 0 Å². The molecule has 1 fully saturated rings. The monoisotopic (exact) mass is 225 g/mol. The van der Waals surface area contributed by atoms with Crippen molar-refractivity contribution in [3.63, 3.8) is 0 Å². The molecule has 1 aliphatic heterocycles. The number of alkyl halides is 3. The van der Waals surface area contributed by atoms with Crippen LogP contribution in [0.3, 0.4) is 0 Å². The number of hydrogen-bond acceptors (Lipinski definition) is 2. The maximum atomic E-state index is 12.3. The maximum Gasteiger partial charge on any atom is 0.393 e. The molecule has 0 aromatic heterocycles. The van der Waals surface area contributed by atoms with Crippen molar-refractivity contribution in [2.45, 2.75) is 37.9 Å². The predicted octanol–water partition coefficient (Wildman–Crippen LogP) is 2.34. The molecule has 1 rings (SSSR count). The van der Waals surface area contributed by atoms with E-state index in [4.69, 9.17) is 4.74 Å². The highest BCUT2D eigenvalue weighted by molar-refractivity contribution is 4.81. The first-order chi connectivity index (χ1) is 7.04. The van der Waals surface area contributed by atoms with Crippen molar-refractivity contribution in [3.05, 3.63) is 0 Å². The van der Waals surface area contributed by atoms with Gasteiger partial charge in [0.1, 0.15) is 0 Å². The van der Waals surface area contributed by atoms with Crippen molar-refractivity contribution >= 4 is 0 Å². The average Bonchev–Trinajstić information content (AvgIpc) is 2.18. The summed E-state index contributed by atoms with van der Waals surface area (Å²) in [5.74, 6) is -1.16. The third-order valence-electron chi connectivity index (χ3n) is 2.88. The van der Waals surface area contributed by atoms with Crippen molar-refractivity contribution < 1.29 is 17.9 Å². The Bertz CT molecular complexity index is 176. The molecule has 1 heterocycles. The fourth-order valence-corrected chi connectivity index (χ4v) is 1.92. The molecular weight excluding hydrogens is 207 g/mol. The van der Waals surface area contributed by atoms with Crippen LogP contribution in [0.25, 0.3) is 0 Å². The topological polar surface area (TPSA) is 21.3 Å². The van der Waals surface area contributed by atoms with Crippen LogP contribution in [0.4, 0.5) is 13.2 Å². The third kappa shape index (κ3) is 4.38. The number of ether oxygens (including phenoxy) is 1. The van der Waals surface area contributed by atoms with Gasteiger partial charge in [-0.05, 0) is 25.7 Å². The molecule has 0 aliphatic carbocycles. The van der Waals surface area contributed by atoms with Crippen LogP contribution in [0.5, 0.6) is 0 Å². The molecule has 1 aliphatic rings. The minimum absolute atomic E-state index is 0.0706. The summed E-state index contributed by atoms with van der Waals surface area (Å²) in [6.07, 6.45) is -1.35. The van der Waals surface area contributed by atoms with E-state index in [-0.39, 0.29) is 19.0 Å². The number of nitrogens with one attached hydrogen (secondary N) is 1. The zero-order valence-corrected chi connectivity index (χ0v) is 8.94. The van der Waals surface area contributed by atoms with Crippen molar-refractivity contribution in [3.8, 4) is 0 Å². The van der Waals surface area contributed by atoms with E-state index in [1.165, 1.54) is 0 Å². The molecule has 0 saturated carbocycles. The summed E-state index contributed by atoms with van der Waals surface area (Å²) >= 11 is 0. The highest BCUT2D eigenvalue weighted by Crippen LogP contribution is 2.32. The van der Waals surface area contributed by atoms with E-state index in [0.717, 1.165) is 12.8 Å².